The summed E-state index contributed by atoms with van der Waals surface area (Å²) in [6.45, 7) is 0.731. The topological polar surface area (TPSA) is 92.8 Å². The van der Waals surface area contributed by atoms with Crippen LogP contribution in [0, 0.1) is 5.92 Å². The molecule has 0 saturated carbocycles. The molecule has 1 aromatic rings. The Balaban J connectivity index is 1.48. The van der Waals surface area contributed by atoms with Crippen molar-refractivity contribution in [1.29, 1.82) is 0 Å². The van der Waals surface area contributed by atoms with Crippen LogP contribution in [0.1, 0.15) is 38.5 Å². The van der Waals surface area contributed by atoms with Crippen LogP contribution in [0.4, 0.5) is 5.69 Å². The highest BCUT2D eigenvalue weighted by Gasteiger charge is 2.25. The predicted molar refractivity (Wildman–Crippen MR) is 105 cm³/mol. The summed E-state index contributed by atoms with van der Waals surface area (Å²) in [6.07, 6.45) is 9.05. The Kier molecular flexibility index (Phi) is 6.85. The van der Waals surface area contributed by atoms with Gasteiger partial charge >= 0.3 is 5.97 Å². The minimum Gasteiger partial charge on any atom is -0.456 e. The van der Waals surface area contributed by atoms with Gasteiger partial charge in [0, 0.05) is 18.8 Å². The van der Waals surface area contributed by atoms with Crippen molar-refractivity contribution in [3.8, 4) is 0 Å². The molecule has 28 heavy (non-hydrogen) atoms. The molecule has 3 rings (SSSR count). The SMILES string of the molecule is O=C(COC(=O)C[C@@H]1C=CCC1)Nc1ccc(S(=O)(=O)N2CCCCC2)cc1. The number of hydrogen-bond donors (Lipinski definition) is 1. The standard InChI is InChI=1S/C20H26N2O5S/c23-19(15-27-20(24)14-16-6-2-3-7-16)21-17-8-10-18(11-9-17)28(25,26)22-12-4-1-5-13-22/h2,6,8-11,16H,1,3-5,7,12-15H2,(H,21,23)/t16-/m1/s1. The van der Waals surface area contributed by atoms with E-state index in [0.717, 1.165) is 32.1 Å². The maximum Gasteiger partial charge on any atom is 0.306 e. The van der Waals surface area contributed by atoms with Crippen LogP contribution in [-0.4, -0.2) is 44.3 Å². The van der Waals surface area contributed by atoms with Crippen molar-refractivity contribution < 1.29 is 22.7 Å². The number of allylic oxidation sites excluding steroid dienone is 2. The molecule has 1 aliphatic carbocycles. The number of ether oxygens (including phenoxy) is 1. The molecule has 0 spiro atoms. The highest BCUT2D eigenvalue weighted by atomic mass is 32.2. The van der Waals surface area contributed by atoms with Gasteiger partial charge in [-0.2, -0.15) is 4.31 Å². The highest BCUT2D eigenvalue weighted by molar-refractivity contribution is 7.89. The average Bonchev–Trinajstić information content (AvgIpc) is 3.20. The molecule has 1 aromatic carbocycles. The molecule has 0 radical (unpaired) electrons. The number of hydrogen-bond acceptors (Lipinski definition) is 5. The van der Waals surface area contributed by atoms with Gasteiger partial charge in [0.05, 0.1) is 11.3 Å². The first-order valence-corrected chi connectivity index (χ1v) is 11.1. The zero-order chi connectivity index (χ0) is 20.0. The molecular weight excluding hydrogens is 380 g/mol. The lowest BCUT2D eigenvalue weighted by molar-refractivity contribution is -0.147. The smallest absolute Gasteiger partial charge is 0.306 e. The minimum absolute atomic E-state index is 0.199. The van der Waals surface area contributed by atoms with E-state index < -0.39 is 21.9 Å². The number of piperidine rings is 1. The largest absolute Gasteiger partial charge is 0.456 e. The van der Waals surface area contributed by atoms with Crippen LogP contribution >= 0.6 is 0 Å². The fourth-order valence-electron chi connectivity index (χ4n) is 3.45. The maximum absolute atomic E-state index is 12.6. The summed E-state index contributed by atoms with van der Waals surface area (Å²) in [5.41, 5.74) is 0.456. The molecule has 1 heterocycles. The lowest BCUT2D eigenvalue weighted by Crippen LogP contribution is -2.35. The molecule has 1 amide bonds. The molecule has 1 saturated heterocycles. The van der Waals surface area contributed by atoms with E-state index in [1.807, 2.05) is 12.2 Å². The van der Waals surface area contributed by atoms with Gasteiger partial charge in [-0.15, -0.1) is 0 Å². The third-order valence-electron chi connectivity index (χ3n) is 5.00. The number of nitrogens with zero attached hydrogens (tertiary/aromatic N) is 1. The average molecular weight is 407 g/mol. The van der Waals surface area contributed by atoms with Gasteiger partial charge < -0.3 is 10.1 Å². The van der Waals surface area contributed by atoms with Gasteiger partial charge in [0.2, 0.25) is 10.0 Å². The van der Waals surface area contributed by atoms with Gasteiger partial charge in [-0.05, 0) is 55.9 Å². The zero-order valence-corrected chi connectivity index (χ0v) is 16.6. The second kappa shape index (κ2) is 9.34. The maximum atomic E-state index is 12.6. The lowest BCUT2D eigenvalue weighted by atomic mass is 10.1. The monoisotopic (exact) mass is 406 g/mol. The Morgan fingerprint density at radius 3 is 2.46 bits per heavy atom. The van der Waals surface area contributed by atoms with Gasteiger partial charge in [0.1, 0.15) is 0 Å². The Bertz CT molecular complexity index is 827. The van der Waals surface area contributed by atoms with E-state index in [-0.39, 0.29) is 23.8 Å². The van der Waals surface area contributed by atoms with E-state index in [1.54, 1.807) is 12.1 Å². The van der Waals surface area contributed by atoms with Crippen molar-refractivity contribution >= 4 is 27.6 Å². The lowest BCUT2D eigenvalue weighted by Gasteiger charge is -2.25. The molecule has 0 unspecified atom stereocenters. The Hall–Kier alpha value is -2.19. The summed E-state index contributed by atoms with van der Waals surface area (Å²) in [7, 11) is -3.49. The Morgan fingerprint density at radius 2 is 1.82 bits per heavy atom. The summed E-state index contributed by atoms with van der Waals surface area (Å²) in [5.74, 6) is -0.651. The predicted octanol–water partition coefficient (Wildman–Crippen LogP) is 2.70. The van der Waals surface area contributed by atoms with Crippen LogP contribution in [0.3, 0.4) is 0 Å². The molecule has 152 valence electrons. The summed E-state index contributed by atoms with van der Waals surface area (Å²) >= 11 is 0. The fourth-order valence-corrected chi connectivity index (χ4v) is 4.96. The van der Waals surface area contributed by atoms with Crippen LogP contribution in [0.15, 0.2) is 41.3 Å². The normalized spacial score (nSPS) is 20.1. The number of esters is 1. The van der Waals surface area contributed by atoms with E-state index in [9.17, 15) is 18.0 Å². The van der Waals surface area contributed by atoms with Crippen LogP contribution < -0.4 is 5.32 Å². The molecule has 0 bridgehead atoms. The second-order valence-electron chi connectivity index (χ2n) is 7.17. The highest BCUT2D eigenvalue weighted by Crippen LogP contribution is 2.22. The van der Waals surface area contributed by atoms with Gasteiger partial charge in [-0.3, -0.25) is 9.59 Å². The molecular formula is C20H26N2O5S. The first kappa shape index (κ1) is 20.5. The number of amides is 1. The minimum atomic E-state index is -3.49. The van der Waals surface area contributed by atoms with Crippen LogP contribution in [-0.2, 0) is 24.3 Å². The van der Waals surface area contributed by atoms with Gasteiger partial charge in [0.15, 0.2) is 6.61 Å². The molecule has 1 N–H and O–H groups in total. The molecule has 8 heteroatoms. The number of carbonyl (C=O) groups is 2. The molecule has 1 fully saturated rings. The van der Waals surface area contributed by atoms with Crippen LogP contribution in [0.5, 0.6) is 0 Å². The molecule has 1 atom stereocenters. The summed E-state index contributed by atoms with van der Waals surface area (Å²) < 4.78 is 31.7. The van der Waals surface area contributed by atoms with Gasteiger partial charge in [0.25, 0.3) is 5.91 Å². The molecule has 0 aromatic heterocycles. The van der Waals surface area contributed by atoms with Crippen LogP contribution in [0.2, 0.25) is 0 Å². The van der Waals surface area contributed by atoms with Crippen molar-refractivity contribution in [3.63, 3.8) is 0 Å². The summed E-state index contributed by atoms with van der Waals surface area (Å²) in [6, 6.07) is 6.05. The van der Waals surface area contributed by atoms with E-state index in [2.05, 4.69) is 5.32 Å². The number of sulfonamides is 1. The quantitative estimate of drug-likeness (QED) is 0.555. The van der Waals surface area contributed by atoms with Gasteiger partial charge in [-0.25, -0.2) is 8.42 Å². The van der Waals surface area contributed by atoms with E-state index >= 15 is 0 Å². The fraction of sp³-hybridized carbons (Fsp3) is 0.500. The number of benzene rings is 1. The van der Waals surface area contributed by atoms with Crippen molar-refractivity contribution in [3.05, 3.63) is 36.4 Å². The molecule has 7 nitrogen and oxygen atoms in total. The third kappa shape index (κ3) is 5.42. The Labute approximate surface area is 165 Å². The van der Waals surface area contributed by atoms with Crippen molar-refractivity contribution in [2.24, 2.45) is 5.92 Å². The molecule has 2 aliphatic rings. The van der Waals surface area contributed by atoms with Gasteiger partial charge in [-0.1, -0.05) is 18.6 Å². The van der Waals surface area contributed by atoms with E-state index in [1.165, 1.54) is 16.4 Å². The summed E-state index contributed by atoms with van der Waals surface area (Å²) in [4.78, 5) is 23.9. The zero-order valence-electron chi connectivity index (χ0n) is 15.8. The number of rotatable bonds is 7. The third-order valence-corrected chi connectivity index (χ3v) is 6.91. The number of carbonyl (C=O) groups excluding carboxylic acids is 2. The first-order valence-electron chi connectivity index (χ1n) is 9.67. The molecule has 1 aliphatic heterocycles. The first-order chi connectivity index (χ1) is 13.4. The van der Waals surface area contributed by atoms with E-state index in [0.29, 0.717) is 18.8 Å². The van der Waals surface area contributed by atoms with Crippen molar-refractivity contribution in [1.82, 2.24) is 4.31 Å². The second-order valence-corrected chi connectivity index (χ2v) is 9.11. The van der Waals surface area contributed by atoms with Crippen molar-refractivity contribution in [2.45, 2.75) is 43.4 Å². The van der Waals surface area contributed by atoms with Crippen LogP contribution in [0.25, 0.3) is 0 Å². The number of nitrogens with one attached hydrogen (secondary N) is 1. The number of anilines is 1. The summed E-state index contributed by atoms with van der Waals surface area (Å²) in [5, 5.41) is 2.61. The van der Waals surface area contributed by atoms with Crippen molar-refractivity contribution in [2.75, 3.05) is 25.0 Å². The Morgan fingerprint density at radius 1 is 1.11 bits per heavy atom. The van der Waals surface area contributed by atoms with E-state index in [4.69, 9.17) is 4.74 Å².